The predicted octanol–water partition coefficient (Wildman–Crippen LogP) is 8.32. The van der Waals surface area contributed by atoms with Gasteiger partial charge in [0, 0.05) is 12.8 Å². The van der Waals surface area contributed by atoms with E-state index in [1.54, 1.807) is 12.1 Å². The lowest BCUT2D eigenvalue weighted by Gasteiger charge is -2.06. The van der Waals surface area contributed by atoms with Crippen LogP contribution in [-0.4, -0.2) is 18.5 Å². The zero-order chi connectivity index (χ0) is 24.0. The number of carbonyl (C=O) groups excluding carboxylic acids is 2. The first-order valence-corrected chi connectivity index (χ1v) is 13.2. The summed E-state index contributed by atoms with van der Waals surface area (Å²) >= 11 is 0. The molecule has 0 amide bonds. The van der Waals surface area contributed by atoms with Crippen molar-refractivity contribution in [3.63, 3.8) is 0 Å². The molecule has 0 aromatic heterocycles. The van der Waals surface area contributed by atoms with Gasteiger partial charge in [-0.2, -0.15) is 0 Å². The Kier molecular flexibility index (Phi) is 18.2. The number of halogens is 1. The average molecular weight is 465 g/mol. The van der Waals surface area contributed by atoms with Crippen LogP contribution in [0.25, 0.3) is 0 Å². The molecule has 0 spiro atoms. The largest absolute Gasteiger partial charge is 0.466 e. The highest BCUT2D eigenvalue weighted by atomic mass is 19.1. The zero-order valence-corrected chi connectivity index (χ0v) is 20.8. The second-order valence-corrected chi connectivity index (χ2v) is 8.93. The first kappa shape index (κ1) is 29.1. The van der Waals surface area contributed by atoms with E-state index in [-0.39, 0.29) is 11.7 Å². The fourth-order valence-electron chi connectivity index (χ4n) is 3.79. The smallest absolute Gasteiger partial charge is 0.311 e. The maximum absolute atomic E-state index is 13.4. The molecule has 0 saturated carbocycles. The molecule has 1 aromatic rings. The van der Waals surface area contributed by atoms with E-state index in [0.29, 0.717) is 19.4 Å². The molecule has 0 aliphatic carbocycles. The van der Waals surface area contributed by atoms with E-state index in [0.717, 1.165) is 51.4 Å². The Morgan fingerprint density at radius 3 is 1.73 bits per heavy atom. The van der Waals surface area contributed by atoms with Gasteiger partial charge >= 0.3 is 11.9 Å². The van der Waals surface area contributed by atoms with Gasteiger partial charge in [-0.1, -0.05) is 103 Å². The van der Waals surface area contributed by atoms with E-state index in [1.165, 1.54) is 63.5 Å². The molecule has 0 unspecified atom stereocenters. The van der Waals surface area contributed by atoms with Crippen LogP contribution in [-0.2, 0) is 14.3 Å². The second kappa shape index (κ2) is 20.7. The van der Waals surface area contributed by atoms with Crippen LogP contribution in [0.2, 0.25) is 0 Å². The molecule has 0 aliphatic rings. The maximum Gasteiger partial charge on any atom is 0.311 e. The number of para-hydroxylation sites is 1. The summed E-state index contributed by atoms with van der Waals surface area (Å²) in [5.41, 5.74) is 0. The van der Waals surface area contributed by atoms with E-state index in [9.17, 15) is 14.0 Å². The number of carbonyl (C=O) groups is 2. The van der Waals surface area contributed by atoms with E-state index in [1.807, 2.05) is 0 Å². The first-order chi connectivity index (χ1) is 16.1. The van der Waals surface area contributed by atoms with Gasteiger partial charge in [-0.3, -0.25) is 9.59 Å². The van der Waals surface area contributed by atoms with E-state index in [2.05, 4.69) is 6.92 Å². The van der Waals surface area contributed by atoms with Crippen molar-refractivity contribution in [3.8, 4) is 5.75 Å². The second-order valence-electron chi connectivity index (χ2n) is 8.93. The van der Waals surface area contributed by atoms with Gasteiger partial charge in [0.15, 0.2) is 11.6 Å². The number of hydrogen-bond donors (Lipinski definition) is 0. The normalized spacial score (nSPS) is 10.8. The summed E-state index contributed by atoms with van der Waals surface area (Å²) in [5.74, 6) is -1.01. The highest BCUT2D eigenvalue weighted by molar-refractivity contribution is 5.72. The topological polar surface area (TPSA) is 52.6 Å². The van der Waals surface area contributed by atoms with Crippen molar-refractivity contribution in [1.29, 1.82) is 0 Å². The number of ether oxygens (including phenoxy) is 2. The van der Waals surface area contributed by atoms with Crippen molar-refractivity contribution < 1.29 is 23.5 Å². The molecule has 0 radical (unpaired) electrons. The Morgan fingerprint density at radius 1 is 0.667 bits per heavy atom. The Balaban J connectivity index is 1.83. The van der Waals surface area contributed by atoms with Gasteiger partial charge in [0.25, 0.3) is 0 Å². The molecule has 0 atom stereocenters. The van der Waals surface area contributed by atoms with Crippen LogP contribution < -0.4 is 4.74 Å². The summed E-state index contributed by atoms with van der Waals surface area (Å²) in [5, 5.41) is 0. The molecule has 0 heterocycles. The van der Waals surface area contributed by atoms with Gasteiger partial charge in [-0.25, -0.2) is 4.39 Å². The van der Waals surface area contributed by atoms with Crippen LogP contribution in [0.15, 0.2) is 24.3 Å². The quantitative estimate of drug-likeness (QED) is 0.104. The predicted molar refractivity (Wildman–Crippen MR) is 132 cm³/mol. The molecule has 1 aromatic carbocycles. The van der Waals surface area contributed by atoms with E-state index in [4.69, 9.17) is 9.47 Å². The summed E-state index contributed by atoms with van der Waals surface area (Å²) in [6.45, 7) is 2.80. The van der Waals surface area contributed by atoms with Crippen molar-refractivity contribution in [2.45, 2.75) is 122 Å². The Labute approximate surface area is 200 Å². The van der Waals surface area contributed by atoms with Crippen LogP contribution in [0.4, 0.5) is 4.39 Å². The number of unbranched alkanes of at least 4 members (excludes halogenated alkanes) is 14. The van der Waals surface area contributed by atoms with Gasteiger partial charge < -0.3 is 9.47 Å². The van der Waals surface area contributed by atoms with Crippen molar-refractivity contribution in [2.75, 3.05) is 6.61 Å². The number of benzene rings is 1. The molecular weight excluding hydrogens is 419 g/mol. The van der Waals surface area contributed by atoms with E-state index < -0.39 is 11.8 Å². The van der Waals surface area contributed by atoms with Gasteiger partial charge in [0.2, 0.25) is 0 Å². The van der Waals surface area contributed by atoms with Crippen molar-refractivity contribution in [2.24, 2.45) is 0 Å². The number of esters is 2. The Hall–Kier alpha value is -1.91. The van der Waals surface area contributed by atoms with Crippen molar-refractivity contribution in [3.05, 3.63) is 30.1 Å². The summed E-state index contributed by atoms with van der Waals surface area (Å²) < 4.78 is 23.8. The van der Waals surface area contributed by atoms with Gasteiger partial charge in [-0.15, -0.1) is 0 Å². The summed E-state index contributed by atoms with van der Waals surface area (Å²) in [4.78, 5) is 23.5. The highest BCUT2D eigenvalue weighted by Gasteiger charge is 2.08. The molecule has 0 fully saturated rings. The summed E-state index contributed by atoms with van der Waals surface area (Å²) in [7, 11) is 0. The fourth-order valence-corrected chi connectivity index (χ4v) is 3.79. The van der Waals surface area contributed by atoms with E-state index >= 15 is 0 Å². The molecule has 0 saturated heterocycles. The van der Waals surface area contributed by atoms with Crippen LogP contribution in [0, 0.1) is 5.82 Å². The monoisotopic (exact) mass is 464 g/mol. The molecule has 0 aliphatic heterocycles. The lowest BCUT2D eigenvalue weighted by atomic mass is 10.1. The summed E-state index contributed by atoms with van der Waals surface area (Å²) in [6, 6.07) is 5.93. The molecule has 4 nitrogen and oxygen atoms in total. The molecule has 5 heteroatoms. The average Bonchev–Trinajstić information content (AvgIpc) is 2.80. The van der Waals surface area contributed by atoms with Gasteiger partial charge in [0.1, 0.15) is 0 Å². The minimum Gasteiger partial charge on any atom is -0.466 e. The van der Waals surface area contributed by atoms with Crippen molar-refractivity contribution in [1.82, 2.24) is 0 Å². The molecule has 0 bridgehead atoms. The molecule has 33 heavy (non-hydrogen) atoms. The summed E-state index contributed by atoms with van der Waals surface area (Å²) in [6.07, 6.45) is 19.1. The Bertz CT molecular complexity index is 632. The van der Waals surface area contributed by atoms with Gasteiger partial charge in [0.05, 0.1) is 6.61 Å². The molecule has 0 N–H and O–H groups in total. The third-order valence-corrected chi connectivity index (χ3v) is 5.83. The van der Waals surface area contributed by atoms with Crippen LogP contribution in [0.5, 0.6) is 5.75 Å². The van der Waals surface area contributed by atoms with Crippen LogP contribution in [0.3, 0.4) is 0 Å². The lowest BCUT2D eigenvalue weighted by Crippen LogP contribution is -2.08. The first-order valence-electron chi connectivity index (χ1n) is 13.2. The minimum atomic E-state index is -0.520. The fraction of sp³-hybridized carbons (Fsp3) is 0.714. The highest BCUT2D eigenvalue weighted by Crippen LogP contribution is 2.17. The Morgan fingerprint density at radius 2 is 1.15 bits per heavy atom. The molecular formula is C28H45FO4. The van der Waals surface area contributed by atoms with Crippen molar-refractivity contribution >= 4 is 11.9 Å². The molecule has 188 valence electrons. The number of rotatable bonds is 21. The number of hydrogen-bond acceptors (Lipinski definition) is 4. The molecule has 1 rings (SSSR count). The zero-order valence-electron chi connectivity index (χ0n) is 20.8. The minimum absolute atomic E-state index is 0.0115. The maximum atomic E-state index is 13.4. The third-order valence-electron chi connectivity index (χ3n) is 5.83. The van der Waals surface area contributed by atoms with Gasteiger partial charge in [-0.05, 0) is 31.4 Å². The SMILES string of the molecule is CCCCCCCCCCCCOC(=O)CCCCCCCCC(=O)Oc1ccccc1F. The standard InChI is InChI=1S/C28H45FO4/c1-2-3-4-5-6-7-8-11-14-19-24-32-27(30)22-15-12-9-10-13-16-23-28(31)33-26-21-18-17-20-25(26)29/h17-18,20-21H,2-16,19,22-24H2,1H3. The lowest BCUT2D eigenvalue weighted by molar-refractivity contribution is -0.144. The van der Waals surface area contributed by atoms with Crippen LogP contribution in [0.1, 0.15) is 122 Å². The third kappa shape index (κ3) is 17.3. The van der Waals surface area contributed by atoms with Crippen LogP contribution >= 0.6 is 0 Å².